The number of aliphatic hydroxyl groups is 1. The summed E-state index contributed by atoms with van der Waals surface area (Å²) < 4.78 is 5.53. The predicted molar refractivity (Wildman–Crippen MR) is 113 cm³/mol. The molecule has 7 nitrogen and oxygen atoms in total. The van der Waals surface area contributed by atoms with Crippen molar-refractivity contribution in [1.29, 1.82) is 0 Å². The lowest BCUT2D eigenvalue weighted by Gasteiger charge is -2.49. The van der Waals surface area contributed by atoms with Gasteiger partial charge in [0, 0.05) is 39.6 Å². The number of piperidine rings is 2. The summed E-state index contributed by atoms with van der Waals surface area (Å²) in [5.41, 5.74) is 6.32. The van der Waals surface area contributed by atoms with E-state index >= 15 is 0 Å². The van der Waals surface area contributed by atoms with Crippen molar-refractivity contribution in [2.75, 3.05) is 39.3 Å². The van der Waals surface area contributed by atoms with Crippen molar-refractivity contribution in [2.45, 2.75) is 38.7 Å². The number of nitrogens with two attached hydrogens (primary N) is 1. The first kappa shape index (κ1) is 23.4. The van der Waals surface area contributed by atoms with Crippen molar-refractivity contribution in [1.82, 2.24) is 9.80 Å². The summed E-state index contributed by atoms with van der Waals surface area (Å²) in [6.45, 7) is 4.89. The number of likely N-dealkylation sites (tertiary alicyclic amines) is 2. The van der Waals surface area contributed by atoms with Gasteiger partial charge in [0.05, 0.1) is 12.5 Å². The van der Waals surface area contributed by atoms with Gasteiger partial charge in [-0.05, 0) is 42.4 Å². The number of hydrogen-bond donors (Lipinski definition) is 2. The number of nitrogens with zero attached hydrogens (tertiary/aromatic N) is 2. The summed E-state index contributed by atoms with van der Waals surface area (Å²) in [7, 11) is 0. The van der Waals surface area contributed by atoms with Gasteiger partial charge in [-0.3, -0.25) is 9.59 Å². The number of rotatable bonds is 5. The second-order valence-corrected chi connectivity index (χ2v) is 8.10. The highest BCUT2D eigenvalue weighted by Crippen LogP contribution is 2.40. The molecule has 2 heterocycles. The summed E-state index contributed by atoms with van der Waals surface area (Å²) >= 11 is 0. The van der Waals surface area contributed by atoms with Gasteiger partial charge in [0.25, 0.3) is 0 Å². The molecule has 0 radical (unpaired) electrons. The summed E-state index contributed by atoms with van der Waals surface area (Å²) in [4.78, 5) is 28.2. The quantitative estimate of drug-likeness (QED) is 0.739. The minimum absolute atomic E-state index is 0. The van der Waals surface area contributed by atoms with E-state index < -0.39 is 6.10 Å². The van der Waals surface area contributed by atoms with Gasteiger partial charge >= 0.3 is 0 Å². The molecule has 0 aromatic heterocycles. The Morgan fingerprint density at radius 2 is 2.00 bits per heavy atom. The van der Waals surface area contributed by atoms with Crippen LogP contribution in [-0.2, 0) is 16.0 Å². The third-order valence-electron chi connectivity index (χ3n) is 5.89. The lowest BCUT2D eigenvalue weighted by Crippen LogP contribution is -2.55. The zero-order chi connectivity index (χ0) is 20.1. The Bertz CT molecular complexity index is 707. The molecule has 2 aliphatic rings. The van der Waals surface area contributed by atoms with Crippen LogP contribution in [0.4, 0.5) is 0 Å². The molecular formula is C21H32ClN3O4. The molecule has 0 aliphatic carbocycles. The molecule has 8 heteroatoms. The molecule has 1 spiro atoms. The molecule has 1 aromatic carbocycles. The van der Waals surface area contributed by atoms with Crippen molar-refractivity contribution < 1.29 is 19.4 Å². The number of benzene rings is 1. The lowest BCUT2D eigenvalue weighted by atomic mass is 9.71. The highest BCUT2D eigenvalue weighted by atomic mass is 35.5. The number of halogens is 1. The average molecular weight is 426 g/mol. The van der Waals surface area contributed by atoms with Gasteiger partial charge in [0.1, 0.15) is 12.4 Å². The maximum absolute atomic E-state index is 12.8. The van der Waals surface area contributed by atoms with E-state index in [-0.39, 0.29) is 29.6 Å². The average Bonchev–Trinajstić information content (AvgIpc) is 2.66. The molecule has 2 fully saturated rings. The van der Waals surface area contributed by atoms with E-state index in [1.165, 1.54) is 0 Å². The third-order valence-corrected chi connectivity index (χ3v) is 5.89. The van der Waals surface area contributed by atoms with Crippen molar-refractivity contribution in [3.05, 3.63) is 29.8 Å². The van der Waals surface area contributed by atoms with Crippen LogP contribution >= 0.6 is 12.4 Å². The molecule has 2 amide bonds. The first-order chi connectivity index (χ1) is 13.4. The Morgan fingerprint density at radius 1 is 1.28 bits per heavy atom. The molecule has 2 aliphatic heterocycles. The van der Waals surface area contributed by atoms with E-state index in [1.807, 2.05) is 29.2 Å². The standard InChI is InChI=1S/C21H31N3O4.ClH/c1-16(25)24-14-18(26)13-21(15-24)5-8-23(9-6-21)20(27)12-17-3-2-4-19(11-17)28-10-7-22;/h2-4,11,18,26H,5-10,12-15,22H2,1H3;1H. The normalized spacial score (nSPS) is 20.9. The summed E-state index contributed by atoms with van der Waals surface area (Å²) in [6, 6.07) is 7.57. The van der Waals surface area contributed by atoms with E-state index in [1.54, 1.807) is 11.8 Å². The molecule has 1 aromatic rings. The zero-order valence-electron chi connectivity index (χ0n) is 17.0. The second-order valence-electron chi connectivity index (χ2n) is 8.10. The highest BCUT2D eigenvalue weighted by Gasteiger charge is 2.42. The zero-order valence-corrected chi connectivity index (χ0v) is 17.8. The Morgan fingerprint density at radius 3 is 2.66 bits per heavy atom. The van der Waals surface area contributed by atoms with Crippen LogP contribution in [-0.4, -0.2) is 72.2 Å². The maximum atomic E-state index is 12.8. The minimum atomic E-state index is -0.476. The number of aliphatic hydroxyl groups excluding tert-OH is 1. The van der Waals surface area contributed by atoms with Crippen LogP contribution < -0.4 is 10.5 Å². The largest absolute Gasteiger partial charge is 0.492 e. The lowest BCUT2D eigenvalue weighted by molar-refractivity contribution is -0.141. The minimum Gasteiger partial charge on any atom is -0.492 e. The van der Waals surface area contributed by atoms with Crippen LogP contribution in [0.25, 0.3) is 0 Å². The Balaban J connectivity index is 0.00000300. The van der Waals surface area contributed by atoms with Crippen LogP contribution in [0.5, 0.6) is 5.75 Å². The molecular weight excluding hydrogens is 394 g/mol. The van der Waals surface area contributed by atoms with E-state index in [9.17, 15) is 14.7 Å². The summed E-state index contributed by atoms with van der Waals surface area (Å²) in [5, 5.41) is 10.2. The number of amides is 2. The van der Waals surface area contributed by atoms with Gasteiger partial charge in [-0.25, -0.2) is 0 Å². The molecule has 3 rings (SSSR count). The molecule has 29 heavy (non-hydrogen) atoms. The van der Waals surface area contributed by atoms with E-state index in [0.717, 1.165) is 24.2 Å². The number of hydrogen-bond acceptors (Lipinski definition) is 5. The van der Waals surface area contributed by atoms with E-state index in [2.05, 4.69) is 0 Å². The predicted octanol–water partition coefficient (Wildman–Crippen LogP) is 1.21. The molecule has 0 bridgehead atoms. The SMILES string of the molecule is CC(=O)N1CC(O)CC2(CCN(C(=O)Cc3cccc(OCCN)c3)CC2)C1.Cl. The summed E-state index contributed by atoms with van der Waals surface area (Å²) in [5.74, 6) is 0.841. The number of carbonyl (C=O) groups is 2. The van der Waals surface area contributed by atoms with E-state index in [4.69, 9.17) is 10.5 Å². The van der Waals surface area contributed by atoms with Crippen LogP contribution in [0.15, 0.2) is 24.3 Å². The fourth-order valence-corrected chi connectivity index (χ4v) is 4.39. The fourth-order valence-electron chi connectivity index (χ4n) is 4.39. The van der Waals surface area contributed by atoms with Crippen molar-refractivity contribution in [3.63, 3.8) is 0 Å². The molecule has 2 saturated heterocycles. The third kappa shape index (κ3) is 6.07. The molecule has 3 N–H and O–H groups in total. The van der Waals surface area contributed by atoms with Gasteiger partial charge in [-0.1, -0.05) is 12.1 Å². The summed E-state index contributed by atoms with van der Waals surface area (Å²) in [6.07, 6.45) is 2.21. The van der Waals surface area contributed by atoms with E-state index in [0.29, 0.717) is 52.2 Å². The molecule has 1 unspecified atom stereocenters. The van der Waals surface area contributed by atoms with Gasteiger partial charge in [-0.2, -0.15) is 0 Å². The van der Waals surface area contributed by atoms with Crippen LogP contribution in [0, 0.1) is 5.41 Å². The van der Waals surface area contributed by atoms with Crippen molar-refractivity contribution in [3.8, 4) is 5.75 Å². The Kier molecular flexibility index (Phi) is 8.31. The molecule has 1 atom stereocenters. The Labute approximate surface area is 178 Å². The highest BCUT2D eigenvalue weighted by molar-refractivity contribution is 5.85. The van der Waals surface area contributed by atoms with Crippen molar-refractivity contribution >= 4 is 24.2 Å². The van der Waals surface area contributed by atoms with Crippen LogP contribution in [0.2, 0.25) is 0 Å². The Hall–Kier alpha value is -1.83. The maximum Gasteiger partial charge on any atom is 0.226 e. The number of ether oxygens (including phenoxy) is 1. The first-order valence-electron chi connectivity index (χ1n) is 10.0. The fraction of sp³-hybridized carbons (Fsp3) is 0.619. The van der Waals surface area contributed by atoms with Gasteiger partial charge in [-0.15, -0.1) is 12.4 Å². The van der Waals surface area contributed by atoms with Gasteiger partial charge in [0.2, 0.25) is 11.8 Å². The molecule has 162 valence electrons. The monoisotopic (exact) mass is 425 g/mol. The number of β-amino-alcohol motifs (C(OH)–C–C–N with tert-alkyl or cyclic N) is 1. The first-order valence-corrected chi connectivity index (χ1v) is 10.0. The van der Waals surface area contributed by atoms with Crippen LogP contribution in [0.1, 0.15) is 31.7 Å². The van der Waals surface area contributed by atoms with Crippen LogP contribution in [0.3, 0.4) is 0 Å². The second kappa shape index (κ2) is 10.3. The van der Waals surface area contributed by atoms with Crippen molar-refractivity contribution in [2.24, 2.45) is 11.1 Å². The number of carbonyl (C=O) groups excluding carboxylic acids is 2. The molecule has 0 saturated carbocycles. The topological polar surface area (TPSA) is 96.1 Å². The smallest absolute Gasteiger partial charge is 0.226 e. The van der Waals surface area contributed by atoms with Gasteiger partial charge in [0.15, 0.2) is 0 Å². The van der Waals surface area contributed by atoms with Gasteiger partial charge < -0.3 is 25.4 Å².